The second kappa shape index (κ2) is 4.24. The Hall–Kier alpha value is -2.54. The monoisotopic (exact) mass is 256 g/mol. The molecule has 0 saturated carbocycles. The van der Waals surface area contributed by atoms with Crippen LogP contribution in [0, 0.1) is 13.0 Å². The molecule has 1 radical (unpaired) electrons. The normalized spacial score (nSPS) is 11.2. The van der Waals surface area contributed by atoms with Crippen molar-refractivity contribution in [2.45, 2.75) is 6.92 Å². The average molecular weight is 256 g/mol. The molecule has 0 spiro atoms. The summed E-state index contributed by atoms with van der Waals surface area (Å²) >= 11 is 0. The quantitative estimate of drug-likeness (QED) is 0.457. The van der Waals surface area contributed by atoms with Gasteiger partial charge in [-0.2, -0.15) is 0 Å². The van der Waals surface area contributed by atoms with Gasteiger partial charge in [0.2, 0.25) is 0 Å². The highest BCUT2D eigenvalue weighted by Gasteiger charge is 2.11. The molecular formula is C19H14N. The second-order valence-corrected chi connectivity index (χ2v) is 5.08. The molecule has 0 fully saturated rings. The smallest absolute Gasteiger partial charge is 0.0541 e. The molecule has 1 heterocycles. The third-order valence-electron chi connectivity index (χ3n) is 3.87. The first-order valence-corrected chi connectivity index (χ1v) is 6.81. The van der Waals surface area contributed by atoms with Crippen molar-refractivity contribution in [3.05, 3.63) is 78.4 Å². The average Bonchev–Trinajstić information content (AvgIpc) is 2.83. The van der Waals surface area contributed by atoms with Crippen LogP contribution in [0.3, 0.4) is 0 Å². The van der Waals surface area contributed by atoms with E-state index in [1.54, 1.807) is 0 Å². The summed E-state index contributed by atoms with van der Waals surface area (Å²) in [6, 6.07) is 26.5. The molecular weight excluding hydrogens is 242 g/mol. The molecule has 1 aromatic heterocycles. The molecule has 0 bridgehead atoms. The molecule has 0 amide bonds. The number of para-hydroxylation sites is 2. The van der Waals surface area contributed by atoms with Gasteiger partial charge in [-0.25, -0.2) is 0 Å². The number of fused-ring (bicyclic) bond motifs is 3. The zero-order valence-electron chi connectivity index (χ0n) is 11.3. The lowest BCUT2D eigenvalue weighted by Gasteiger charge is -2.10. The molecule has 95 valence electrons. The highest BCUT2D eigenvalue weighted by atomic mass is 15.0. The summed E-state index contributed by atoms with van der Waals surface area (Å²) in [6.07, 6.45) is 0. The topological polar surface area (TPSA) is 4.93 Å². The zero-order valence-corrected chi connectivity index (χ0v) is 11.3. The Kier molecular flexibility index (Phi) is 2.40. The van der Waals surface area contributed by atoms with Crippen molar-refractivity contribution in [3.63, 3.8) is 0 Å². The van der Waals surface area contributed by atoms with Crippen LogP contribution in [0.4, 0.5) is 0 Å². The van der Waals surface area contributed by atoms with Crippen molar-refractivity contribution in [2.75, 3.05) is 0 Å². The Balaban J connectivity index is 2.24. The molecule has 20 heavy (non-hydrogen) atoms. The Morgan fingerprint density at radius 2 is 1.40 bits per heavy atom. The van der Waals surface area contributed by atoms with Gasteiger partial charge in [-0.05, 0) is 36.8 Å². The van der Waals surface area contributed by atoms with E-state index in [9.17, 15) is 0 Å². The van der Waals surface area contributed by atoms with Gasteiger partial charge in [0, 0.05) is 16.5 Å². The molecule has 3 aromatic carbocycles. The number of hydrogen-bond donors (Lipinski definition) is 0. The largest absolute Gasteiger partial charge is 0.309 e. The van der Waals surface area contributed by atoms with Crippen LogP contribution in [0.1, 0.15) is 5.56 Å². The van der Waals surface area contributed by atoms with Gasteiger partial charge in [-0.15, -0.1) is 0 Å². The van der Waals surface area contributed by atoms with E-state index in [1.807, 2.05) is 6.07 Å². The minimum absolute atomic E-state index is 1.20. The second-order valence-electron chi connectivity index (χ2n) is 5.08. The highest BCUT2D eigenvalue weighted by molar-refractivity contribution is 6.09. The summed E-state index contributed by atoms with van der Waals surface area (Å²) in [6.45, 7) is 2.15. The molecule has 0 aliphatic carbocycles. The predicted octanol–water partition coefficient (Wildman–Crippen LogP) is 4.89. The van der Waals surface area contributed by atoms with Crippen LogP contribution in [-0.2, 0) is 0 Å². The fraction of sp³-hybridized carbons (Fsp3) is 0.0526. The Bertz CT molecular complexity index is 862. The number of hydrogen-bond acceptors (Lipinski definition) is 0. The van der Waals surface area contributed by atoms with E-state index in [1.165, 1.54) is 33.1 Å². The summed E-state index contributed by atoms with van der Waals surface area (Å²) in [4.78, 5) is 0. The van der Waals surface area contributed by atoms with Gasteiger partial charge in [0.25, 0.3) is 0 Å². The molecule has 0 aliphatic heterocycles. The van der Waals surface area contributed by atoms with Gasteiger partial charge >= 0.3 is 0 Å². The minimum Gasteiger partial charge on any atom is -0.309 e. The molecule has 0 saturated heterocycles. The van der Waals surface area contributed by atoms with E-state index in [0.29, 0.717) is 0 Å². The fourth-order valence-electron chi connectivity index (χ4n) is 2.92. The first kappa shape index (κ1) is 11.3. The maximum atomic E-state index is 3.20. The third kappa shape index (κ3) is 1.50. The van der Waals surface area contributed by atoms with Gasteiger partial charge in [0.1, 0.15) is 0 Å². The van der Waals surface area contributed by atoms with Crippen LogP contribution < -0.4 is 0 Å². The number of benzene rings is 3. The summed E-state index contributed by atoms with van der Waals surface area (Å²) in [5.74, 6) is 0. The molecule has 1 nitrogen and oxygen atoms in total. The van der Waals surface area contributed by atoms with E-state index in [2.05, 4.69) is 78.2 Å². The van der Waals surface area contributed by atoms with Crippen molar-refractivity contribution >= 4 is 21.8 Å². The van der Waals surface area contributed by atoms with Gasteiger partial charge in [-0.3, -0.25) is 0 Å². The summed E-state index contributed by atoms with van der Waals surface area (Å²) in [5.41, 5.74) is 4.95. The third-order valence-corrected chi connectivity index (χ3v) is 3.87. The maximum absolute atomic E-state index is 3.20. The SMILES string of the molecule is Cc1cc[c]cc1-n1c2ccccc2c2ccccc21. The Morgan fingerprint density at radius 3 is 2.00 bits per heavy atom. The molecule has 4 aromatic rings. The summed E-state index contributed by atoms with van der Waals surface area (Å²) in [7, 11) is 0. The lowest BCUT2D eigenvalue weighted by Crippen LogP contribution is -1.96. The van der Waals surface area contributed by atoms with Gasteiger partial charge in [0.05, 0.1) is 11.0 Å². The molecule has 0 N–H and O–H groups in total. The van der Waals surface area contributed by atoms with Crippen LogP contribution in [0.5, 0.6) is 0 Å². The van der Waals surface area contributed by atoms with Gasteiger partial charge in [0.15, 0.2) is 0 Å². The number of rotatable bonds is 1. The number of aromatic nitrogens is 1. The number of nitrogens with zero attached hydrogens (tertiary/aromatic N) is 1. The van der Waals surface area contributed by atoms with Crippen LogP contribution in [0.25, 0.3) is 27.5 Å². The van der Waals surface area contributed by atoms with Crippen molar-refractivity contribution < 1.29 is 0 Å². The van der Waals surface area contributed by atoms with Crippen LogP contribution in [0.2, 0.25) is 0 Å². The van der Waals surface area contributed by atoms with E-state index in [0.717, 1.165) is 0 Å². The lowest BCUT2D eigenvalue weighted by atomic mass is 10.2. The van der Waals surface area contributed by atoms with Crippen molar-refractivity contribution in [1.82, 2.24) is 4.57 Å². The highest BCUT2D eigenvalue weighted by Crippen LogP contribution is 2.32. The van der Waals surface area contributed by atoms with E-state index >= 15 is 0 Å². The first-order chi connectivity index (χ1) is 9.86. The Morgan fingerprint density at radius 1 is 0.800 bits per heavy atom. The standard InChI is InChI=1S/C19H14N/c1-14-8-2-5-11-17(14)20-18-12-6-3-9-15(18)16-10-4-7-13-19(16)20/h2-4,6-13H,1H3. The number of aryl methyl sites for hydroxylation is 1. The summed E-state index contributed by atoms with van der Waals surface area (Å²) in [5, 5.41) is 2.60. The van der Waals surface area contributed by atoms with Crippen molar-refractivity contribution in [3.8, 4) is 5.69 Å². The molecule has 4 rings (SSSR count). The van der Waals surface area contributed by atoms with E-state index < -0.39 is 0 Å². The Labute approximate surface area is 118 Å². The minimum atomic E-state index is 1.20. The molecule has 0 atom stereocenters. The first-order valence-electron chi connectivity index (χ1n) is 6.81. The van der Waals surface area contributed by atoms with E-state index in [-0.39, 0.29) is 0 Å². The van der Waals surface area contributed by atoms with Crippen molar-refractivity contribution in [1.29, 1.82) is 0 Å². The van der Waals surface area contributed by atoms with Crippen LogP contribution in [0.15, 0.2) is 66.7 Å². The van der Waals surface area contributed by atoms with E-state index in [4.69, 9.17) is 0 Å². The fourth-order valence-corrected chi connectivity index (χ4v) is 2.92. The van der Waals surface area contributed by atoms with Gasteiger partial charge < -0.3 is 4.57 Å². The molecule has 0 aliphatic rings. The molecule has 1 heteroatoms. The lowest BCUT2D eigenvalue weighted by molar-refractivity contribution is 1.15. The van der Waals surface area contributed by atoms with Gasteiger partial charge in [-0.1, -0.05) is 48.5 Å². The van der Waals surface area contributed by atoms with Crippen molar-refractivity contribution in [2.24, 2.45) is 0 Å². The molecule has 0 unspecified atom stereocenters. The van der Waals surface area contributed by atoms with Crippen LogP contribution in [-0.4, -0.2) is 4.57 Å². The van der Waals surface area contributed by atoms with Crippen LogP contribution >= 0.6 is 0 Å². The zero-order chi connectivity index (χ0) is 13.5. The maximum Gasteiger partial charge on any atom is 0.0541 e. The summed E-state index contributed by atoms with van der Waals surface area (Å²) < 4.78 is 2.33. The predicted molar refractivity (Wildman–Crippen MR) is 84.4 cm³/mol.